The van der Waals surface area contributed by atoms with E-state index in [0.717, 1.165) is 0 Å². The van der Waals surface area contributed by atoms with E-state index in [1.54, 1.807) is 0 Å². The molecular formula is C15H18. The van der Waals surface area contributed by atoms with E-state index in [4.69, 9.17) is 0 Å². The molecule has 78 valence electrons. The maximum absolute atomic E-state index is 2.16. The molecule has 1 aromatic rings. The summed E-state index contributed by atoms with van der Waals surface area (Å²) >= 11 is 0. The molecule has 0 aliphatic carbocycles. The summed E-state index contributed by atoms with van der Waals surface area (Å²) in [6.45, 7) is 6.25. The van der Waals surface area contributed by atoms with E-state index in [9.17, 15) is 0 Å². The molecule has 1 rings (SSSR count). The molecule has 0 aromatic heterocycles. The Morgan fingerprint density at radius 2 is 1.67 bits per heavy atom. The van der Waals surface area contributed by atoms with Gasteiger partial charge in [0.25, 0.3) is 0 Å². The summed E-state index contributed by atoms with van der Waals surface area (Å²) in [5, 5.41) is 0. The number of rotatable bonds is 3. The van der Waals surface area contributed by atoms with Crippen LogP contribution in [0.3, 0.4) is 0 Å². The first kappa shape index (κ1) is 11.5. The van der Waals surface area contributed by atoms with Crippen LogP contribution in [0.25, 0.3) is 5.57 Å². The third-order valence-corrected chi connectivity index (χ3v) is 2.27. The van der Waals surface area contributed by atoms with Crippen LogP contribution in [0.1, 0.15) is 25.0 Å². The normalized spacial score (nSPS) is 12.9. The topological polar surface area (TPSA) is 0 Å². The van der Waals surface area contributed by atoms with Gasteiger partial charge in [0.15, 0.2) is 0 Å². The van der Waals surface area contributed by atoms with Gasteiger partial charge in [-0.15, -0.1) is 0 Å². The standard InChI is InChI=1S/C15H18/c1-4-5-6-7-8-14(3)15-11-9-13(2)10-12-15/h4-12H,1-3H3/b5-4-,7-6-,14-8+. The highest BCUT2D eigenvalue weighted by atomic mass is 14.0. The van der Waals surface area contributed by atoms with Crippen molar-refractivity contribution >= 4 is 5.57 Å². The van der Waals surface area contributed by atoms with Crippen molar-refractivity contribution in [2.45, 2.75) is 20.8 Å². The van der Waals surface area contributed by atoms with Gasteiger partial charge in [0.2, 0.25) is 0 Å². The van der Waals surface area contributed by atoms with Crippen LogP contribution in [0, 0.1) is 6.92 Å². The first-order valence-electron chi connectivity index (χ1n) is 5.27. The van der Waals surface area contributed by atoms with Crippen molar-refractivity contribution in [3.63, 3.8) is 0 Å². The van der Waals surface area contributed by atoms with Crippen molar-refractivity contribution in [1.82, 2.24) is 0 Å². The number of aryl methyl sites for hydroxylation is 1. The Hall–Kier alpha value is -1.56. The van der Waals surface area contributed by atoms with Gasteiger partial charge in [-0.2, -0.15) is 0 Å². The van der Waals surface area contributed by atoms with Crippen molar-refractivity contribution in [2.75, 3.05) is 0 Å². The Morgan fingerprint density at radius 3 is 2.27 bits per heavy atom. The number of benzene rings is 1. The average molecular weight is 198 g/mol. The monoisotopic (exact) mass is 198 g/mol. The Balaban J connectivity index is 2.75. The lowest BCUT2D eigenvalue weighted by Crippen LogP contribution is -1.79. The van der Waals surface area contributed by atoms with E-state index in [2.05, 4.69) is 50.3 Å². The second kappa shape index (κ2) is 6.02. The fraction of sp³-hybridized carbons (Fsp3) is 0.200. The molecule has 0 aliphatic rings. The molecule has 0 saturated carbocycles. The second-order valence-electron chi connectivity index (χ2n) is 3.63. The minimum atomic E-state index is 1.28. The first-order valence-corrected chi connectivity index (χ1v) is 5.27. The van der Waals surface area contributed by atoms with Crippen LogP contribution >= 0.6 is 0 Å². The zero-order chi connectivity index (χ0) is 11.1. The van der Waals surface area contributed by atoms with Gasteiger partial charge < -0.3 is 0 Å². The quantitative estimate of drug-likeness (QED) is 0.626. The van der Waals surface area contributed by atoms with E-state index in [1.807, 2.05) is 25.2 Å². The summed E-state index contributed by atoms with van der Waals surface area (Å²) in [5.41, 5.74) is 3.87. The van der Waals surface area contributed by atoms with Gasteiger partial charge >= 0.3 is 0 Å². The van der Waals surface area contributed by atoms with E-state index in [0.29, 0.717) is 0 Å². The Kier molecular flexibility index (Phi) is 4.62. The molecule has 0 atom stereocenters. The molecule has 0 amide bonds. The largest absolute Gasteiger partial charge is 0.0877 e. The molecule has 0 fully saturated rings. The van der Waals surface area contributed by atoms with Crippen LogP contribution in [0.2, 0.25) is 0 Å². The maximum atomic E-state index is 2.16. The predicted octanol–water partition coefficient (Wildman–Crippen LogP) is 4.53. The molecule has 0 spiro atoms. The summed E-state index contributed by atoms with van der Waals surface area (Å²) in [5.74, 6) is 0. The molecule has 0 heteroatoms. The highest BCUT2D eigenvalue weighted by molar-refractivity contribution is 5.65. The van der Waals surface area contributed by atoms with Gasteiger partial charge in [-0.3, -0.25) is 0 Å². The van der Waals surface area contributed by atoms with Gasteiger partial charge in [-0.05, 0) is 31.9 Å². The zero-order valence-corrected chi connectivity index (χ0v) is 9.70. The van der Waals surface area contributed by atoms with Crippen molar-refractivity contribution < 1.29 is 0 Å². The van der Waals surface area contributed by atoms with Gasteiger partial charge in [-0.1, -0.05) is 60.2 Å². The average Bonchev–Trinajstić information content (AvgIpc) is 2.25. The SMILES string of the molecule is C\C=C/C=C\C=C(/C)c1ccc(C)cc1. The van der Waals surface area contributed by atoms with Crippen LogP contribution in [-0.4, -0.2) is 0 Å². The van der Waals surface area contributed by atoms with Crippen molar-refractivity contribution in [3.8, 4) is 0 Å². The Morgan fingerprint density at radius 1 is 1.00 bits per heavy atom. The lowest BCUT2D eigenvalue weighted by atomic mass is 10.1. The van der Waals surface area contributed by atoms with Crippen molar-refractivity contribution in [2.24, 2.45) is 0 Å². The van der Waals surface area contributed by atoms with E-state index in [-0.39, 0.29) is 0 Å². The maximum Gasteiger partial charge on any atom is -0.0227 e. The molecule has 0 aliphatic heterocycles. The molecule has 0 saturated heterocycles. The third kappa shape index (κ3) is 3.99. The van der Waals surface area contributed by atoms with Crippen molar-refractivity contribution in [3.05, 3.63) is 65.8 Å². The van der Waals surface area contributed by atoms with Gasteiger partial charge in [0, 0.05) is 0 Å². The lowest BCUT2D eigenvalue weighted by molar-refractivity contribution is 1.44. The molecule has 0 radical (unpaired) electrons. The fourth-order valence-corrected chi connectivity index (χ4v) is 1.29. The third-order valence-electron chi connectivity index (χ3n) is 2.27. The lowest BCUT2D eigenvalue weighted by Gasteiger charge is -2.00. The summed E-state index contributed by atoms with van der Waals surface area (Å²) in [6.07, 6.45) is 10.3. The Labute approximate surface area is 92.6 Å². The zero-order valence-electron chi connectivity index (χ0n) is 9.70. The fourth-order valence-electron chi connectivity index (χ4n) is 1.29. The van der Waals surface area contributed by atoms with Crippen LogP contribution in [0.5, 0.6) is 0 Å². The molecular weight excluding hydrogens is 180 g/mol. The molecule has 0 heterocycles. The Bertz CT molecular complexity index is 375. The van der Waals surface area contributed by atoms with Gasteiger partial charge in [0.1, 0.15) is 0 Å². The van der Waals surface area contributed by atoms with Crippen LogP contribution in [-0.2, 0) is 0 Å². The number of allylic oxidation sites excluding steroid dienone is 6. The van der Waals surface area contributed by atoms with Crippen LogP contribution in [0.4, 0.5) is 0 Å². The smallest absolute Gasteiger partial charge is 0.0227 e. The van der Waals surface area contributed by atoms with E-state index < -0.39 is 0 Å². The highest BCUT2D eigenvalue weighted by Crippen LogP contribution is 2.14. The van der Waals surface area contributed by atoms with Crippen LogP contribution in [0.15, 0.2) is 54.6 Å². The second-order valence-corrected chi connectivity index (χ2v) is 3.63. The van der Waals surface area contributed by atoms with Crippen molar-refractivity contribution in [1.29, 1.82) is 0 Å². The minimum Gasteiger partial charge on any atom is -0.0877 e. The molecule has 15 heavy (non-hydrogen) atoms. The van der Waals surface area contributed by atoms with Gasteiger partial charge in [-0.25, -0.2) is 0 Å². The highest BCUT2D eigenvalue weighted by Gasteiger charge is 1.92. The van der Waals surface area contributed by atoms with Crippen LogP contribution < -0.4 is 0 Å². The molecule has 0 bridgehead atoms. The molecule has 0 unspecified atom stereocenters. The van der Waals surface area contributed by atoms with Gasteiger partial charge in [0.05, 0.1) is 0 Å². The minimum absolute atomic E-state index is 1.28. The number of hydrogen-bond donors (Lipinski definition) is 0. The predicted molar refractivity (Wildman–Crippen MR) is 68.8 cm³/mol. The molecule has 1 aromatic carbocycles. The summed E-state index contributed by atoms with van der Waals surface area (Å²) in [7, 11) is 0. The molecule has 0 N–H and O–H groups in total. The summed E-state index contributed by atoms with van der Waals surface area (Å²) in [6, 6.07) is 8.60. The van der Waals surface area contributed by atoms with E-state index >= 15 is 0 Å². The number of hydrogen-bond acceptors (Lipinski definition) is 0. The summed E-state index contributed by atoms with van der Waals surface area (Å²) in [4.78, 5) is 0. The van der Waals surface area contributed by atoms with E-state index in [1.165, 1.54) is 16.7 Å². The molecule has 0 nitrogen and oxygen atoms in total. The first-order chi connectivity index (χ1) is 7.24. The summed E-state index contributed by atoms with van der Waals surface area (Å²) < 4.78 is 0.